The first kappa shape index (κ1) is 16.2. The van der Waals surface area contributed by atoms with E-state index in [-0.39, 0.29) is 10.9 Å². The van der Waals surface area contributed by atoms with Gasteiger partial charge in [-0.3, -0.25) is 0 Å². The molecular weight excluding hydrogens is 322 g/mol. The second kappa shape index (κ2) is 6.08. The van der Waals surface area contributed by atoms with Gasteiger partial charge >= 0.3 is 6.03 Å². The molecule has 1 aromatic rings. The number of sulfonamides is 1. The fraction of sp³-hybridized carbons (Fsp3) is 0.500. The van der Waals surface area contributed by atoms with E-state index in [1.54, 1.807) is 4.90 Å². The first-order chi connectivity index (χ1) is 10.9. The van der Waals surface area contributed by atoms with Crippen LogP contribution < -0.4 is 10.5 Å². The van der Waals surface area contributed by atoms with Crippen molar-refractivity contribution < 1.29 is 22.7 Å². The molecular formula is C14H19N3O5S. The van der Waals surface area contributed by atoms with Gasteiger partial charge < -0.3 is 19.7 Å². The number of benzene rings is 1. The molecule has 0 aromatic heterocycles. The van der Waals surface area contributed by atoms with Crippen LogP contribution >= 0.6 is 0 Å². The van der Waals surface area contributed by atoms with Crippen molar-refractivity contribution in [3.8, 4) is 0 Å². The lowest BCUT2D eigenvalue weighted by molar-refractivity contribution is -0.181. The number of nitrogens with zero attached hydrogens (tertiary/aromatic N) is 1. The Morgan fingerprint density at radius 2 is 1.70 bits per heavy atom. The topological polar surface area (TPSA) is 111 Å². The molecule has 0 bridgehead atoms. The molecule has 0 saturated carbocycles. The van der Waals surface area contributed by atoms with Gasteiger partial charge in [-0.05, 0) is 24.3 Å². The van der Waals surface area contributed by atoms with E-state index in [0.717, 1.165) is 0 Å². The van der Waals surface area contributed by atoms with Crippen molar-refractivity contribution in [1.82, 2.24) is 4.90 Å². The maximum Gasteiger partial charge on any atom is 0.321 e. The van der Waals surface area contributed by atoms with Gasteiger partial charge in [-0.15, -0.1) is 0 Å². The Morgan fingerprint density at radius 1 is 1.13 bits per heavy atom. The van der Waals surface area contributed by atoms with E-state index in [2.05, 4.69) is 5.32 Å². The fourth-order valence-electron chi connectivity index (χ4n) is 2.77. The number of piperidine rings is 1. The molecule has 23 heavy (non-hydrogen) atoms. The van der Waals surface area contributed by atoms with Crippen LogP contribution in [0.15, 0.2) is 29.2 Å². The number of anilines is 1. The molecule has 3 rings (SSSR count). The molecule has 2 saturated heterocycles. The highest BCUT2D eigenvalue weighted by atomic mass is 32.2. The largest absolute Gasteiger partial charge is 0.347 e. The quantitative estimate of drug-likeness (QED) is 0.823. The van der Waals surface area contributed by atoms with Gasteiger partial charge in [0.25, 0.3) is 0 Å². The van der Waals surface area contributed by atoms with Gasteiger partial charge in [0.05, 0.1) is 18.1 Å². The molecule has 0 radical (unpaired) electrons. The summed E-state index contributed by atoms with van der Waals surface area (Å²) in [5.74, 6) is -0.520. The molecule has 2 heterocycles. The Kier molecular flexibility index (Phi) is 4.28. The zero-order valence-electron chi connectivity index (χ0n) is 12.5. The number of rotatable bonds is 2. The number of amides is 2. The summed E-state index contributed by atoms with van der Waals surface area (Å²) in [6.07, 6.45) is 1.29. The van der Waals surface area contributed by atoms with E-state index in [0.29, 0.717) is 44.8 Å². The van der Waals surface area contributed by atoms with Crippen molar-refractivity contribution in [3.05, 3.63) is 24.3 Å². The molecule has 9 heteroatoms. The average Bonchev–Trinajstić information content (AvgIpc) is 2.96. The highest BCUT2D eigenvalue weighted by Crippen LogP contribution is 2.31. The number of ether oxygens (including phenoxy) is 2. The lowest BCUT2D eigenvalue weighted by Gasteiger charge is -2.37. The summed E-state index contributed by atoms with van der Waals surface area (Å²) in [5.41, 5.74) is 0.510. The van der Waals surface area contributed by atoms with Crippen molar-refractivity contribution in [2.75, 3.05) is 31.6 Å². The second-order valence-electron chi connectivity index (χ2n) is 5.59. The number of urea groups is 1. The summed E-state index contributed by atoms with van der Waals surface area (Å²) in [6.45, 7) is 2.29. The fourth-order valence-corrected chi connectivity index (χ4v) is 3.28. The number of primary sulfonamides is 1. The number of hydrogen-bond donors (Lipinski definition) is 2. The lowest BCUT2D eigenvalue weighted by atomic mass is 10.0. The molecule has 2 aliphatic heterocycles. The maximum atomic E-state index is 12.2. The molecule has 0 aliphatic carbocycles. The summed E-state index contributed by atoms with van der Waals surface area (Å²) in [4.78, 5) is 13.9. The van der Waals surface area contributed by atoms with E-state index in [1.165, 1.54) is 24.3 Å². The Morgan fingerprint density at radius 3 is 2.22 bits per heavy atom. The van der Waals surface area contributed by atoms with Gasteiger partial charge in [0.1, 0.15) is 0 Å². The molecule has 3 N–H and O–H groups in total. The van der Waals surface area contributed by atoms with E-state index >= 15 is 0 Å². The summed E-state index contributed by atoms with van der Waals surface area (Å²) < 4.78 is 33.6. The van der Waals surface area contributed by atoms with Crippen molar-refractivity contribution in [1.29, 1.82) is 0 Å². The van der Waals surface area contributed by atoms with E-state index < -0.39 is 15.8 Å². The van der Waals surface area contributed by atoms with Crippen LogP contribution in [0.1, 0.15) is 12.8 Å². The number of likely N-dealkylation sites (tertiary alicyclic amines) is 1. The van der Waals surface area contributed by atoms with Crippen LogP contribution in [0.4, 0.5) is 10.5 Å². The molecule has 0 atom stereocenters. The minimum absolute atomic E-state index is 0.00550. The standard InChI is InChI=1S/C14H19N3O5S/c15-23(19,20)12-3-1-11(2-4-12)16-13(18)17-7-5-14(6-8-17)21-9-10-22-14/h1-4H,5-10H2,(H,16,18)(H2,15,19,20). The second-order valence-corrected chi connectivity index (χ2v) is 7.16. The third-order valence-electron chi connectivity index (χ3n) is 4.06. The van der Waals surface area contributed by atoms with Crippen LogP contribution in [0.2, 0.25) is 0 Å². The Labute approximate surface area is 134 Å². The number of carbonyl (C=O) groups excluding carboxylic acids is 1. The predicted octanol–water partition coefficient (Wildman–Crippen LogP) is 0.705. The zero-order chi connectivity index (χ0) is 16.5. The molecule has 126 valence electrons. The lowest BCUT2D eigenvalue weighted by Crippen LogP contribution is -2.48. The maximum absolute atomic E-state index is 12.2. The van der Waals surface area contributed by atoms with Crippen molar-refractivity contribution in [3.63, 3.8) is 0 Å². The summed E-state index contributed by atoms with van der Waals surface area (Å²) in [5, 5.41) is 7.77. The minimum Gasteiger partial charge on any atom is -0.347 e. The molecule has 1 aromatic carbocycles. The SMILES string of the molecule is NS(=O)(=O)c1ccc(NC(=O)N2CCC3(CC2)OCCO3)cc1. The van der Waals surface area contributed by atoms with Crippen molar-refractivity contribution in [2.45, 2.75) is 23.5 Å². The van der Waals surface area contributed by atoms with Gasteiger partial charge in [-0.2, -0.15) is 0 Å². The summed E-state index contributed by atoms with van der Waals surface area (Å²) in [7, 11) is -3.73. The van der Waals surface area contributed by atoms with Gasteiger partial charge in [-0.25, -0.2) is 18.4 Å². The van der Waals surface area contributed by atoms with E-state index in [4.69, 9.17) is 14.6 Å². The van der Waals surface area contributed by atoms with Gasteiger partial charge in [0, 0.05) is 31.6 Å². The number of nitrogens with one attached hydrogen (secondary N) is 1. The van der Waals surface area contributed by atoms with Crippen LogP contribution in [-0.4, -0.2) is 51.4 Å². The number of carbonyl (C=O) groups is 1. The molecule has 8 nitrogen and oxygen atoms in total. The van der Waals surface area contributed by atoms with Gasteiger partial charge in [0.2, 0.25) is 10.0 Å². The first-order valence-corrected chi connectivity index (χ1v) is 8.89. The average molecular weight is 341 g/mol. The van der Waals surface area contributed by atoms with Crippen LogP contribution in [0.25, 0.3) is 0 Å². The molecule has 2 aliphatic rings. The minimum atomic E-state index is -3.73. The summed E-state index contributed by atoms with van der Waals surface area (Å²) >= 11 is 0. The van der Waals surface area contributed by atoms with Crippen LogP contribution in [0.5, 0.6) is 0 Å². The molecule has 2 fully saturated rings. The molecule has 0 unspecified atom stereocenters. The number of nitrogens with two attached hydrogens (primary N) is 1. The monoisotopic (exact) mass is 341 g/mol. The van der Waals surface area contributed by atoms with Crippen LogP contribution in [0.3, 0.4) is 0 Å². The highest BCUT2D eigenvalue weighted by Gasteiger charge is 2.40. The van der Waals surface area contributed by atoms with Crippen LogP contribution in [-0.2, 0) is 19.5 Å². The third kappa shape index (κ3) is 3.63. The Hall–Kier alpha value is -1.68. The van der Waals surface area contributed by atoms with E-state index in [9.17, 15) is 13.2 Å². The molecule has 2 amide bonds. The van der Waals surface area contributed by atoms with Crippen LogP contribution in [0, 0.1) is 0 Å². The first-order valence-electron chi connectivity index (χ1n) is 7.35. The third-order valence-corrected chi connectivity index (χ3v) is 4.99. The Balaban J connectivity index is 1.57. The van der Waals surface area contributed by atoms with Crippen molar-refractivity contribution >= 4 is 21.7 Å². The van der Waals surface area contributed by atoms with Gasteiger partial charge in [-0.1, -0.05) is 0 Å². The molecule has 1 spiro atoms. The number of hydrogen-bond acceptors (Lipinski definition) is 5. The Bertz CT molecular complexity index is 673. The highest BCUT2D eigenvalue weighted by molar-refractivity contribution is 7.89. The normalized spacial score (nSPS) is 20.7. The van der Waals surface area contributed by atoms with Gasteiger partial charge in [0.15, 0.2) is 5.79 Å². The van der Waals surface area contributed by atoms with Crippen molar-refractivity contribution in [2.24, 2.45) is 5.14 Å². The smallest absolute Gasteiger partial charge is 0.321 e. The predicted molar refractivity (Wildman–Crippen MR) is 82.3 cm³/mol. The zero-order valence-corrected chi connectivity index (χ0v) is 13.3. The summed E-state index contributed by atoms with van der Waals surface area (Å²) in [6, 6.07) is 5.49. The van der Waals surface area contributed by atoms with E-state index in [1.807, 2.05) is 0 Å².